The van der Waals surface area contributed by atoms with Crippen LogP contribution in [-0.2, 0) is 22.6 Å². The summed E-state index contributed by atoms with van der Waals surface area (Å²) in [4.78, 5) is 12.4. The van der Waals surface area contributed by atoms with E-state index in [2.05, 4.69) is 15.4 Å². The summed E-state index contributed by atoms with van der Waals surface area (Å²) in [6.45, 7) is 5.46. The number of carbonyl (C=O) groups is 1. The van der Waals surface area contributed by atoms with E-state index in [1.165, 1.54) is 12.1 Å². The second-order valence-electron chi connectivity index (χ2n) is 9.52. The highest BCUT2D eigenvalue weighted by molar-refractivity contribution is 5.84. The van der Waals surface area contributed by atoms with Crippen LogP contribution in [0, 0.1) is 11.3 Å². The molecule has 0 amide bonds. The second kappa shape index (κ2) is 9.17. The van der Waals surface area contributed by atoms with Crippen LogP contribution in [0.4, 0.5) is 13.2 Å². The quantitative estimate of drug-likeness (QED) is 0.388. The molecule has 4 rings (SSSR count). The number of esters is 1. The van der Waals surface area contributed by atoms with Gasteiger partial charge in [-0.1, -0.05) is 0 Å². The zero-order valence-electron chi connectivity index (χ0n) is 19.6. The van der Waals surface area contributed by atoms with E-state index < -0.39 is 17.7 Å². The molecule has 1 aliphatic heterocycles. The number of aromatic nitrogens is 1. The molecule has 0 bridgehead atoms. The van der Waals surface area contributed by atoms with E-state index in [0.29, 0.717) is 11.3 Å². The number of fused-ring (bicyclic) bond motifs is 3. The van der Waals surface area contributed by atoms with Crippen LogP contribution < -0.4 is 9.47 Å². The lowest BCUT2D eigenvalue weighted by atomic mass is 10.1. The van der Waals surface area contributed by atoms with Gasteiger partial charge in [-0.25, -0.2) is 0 Å². The Hall–Kier alpha value is -3.67. The van der Waals surface area contributed by atoms with Crippen LogP contribution in [0.3, 0.4) is 0 Å². The van der Waals surface area contributed by atoms with Crippen molar-refractivity contribution in [3.63, 3.8) is 0 Å². The summed E-state index contributed by atoms with van der Waals surface area (Å²) in [5.74, 6) is -0.208. The van der Waals surface area contributed by atoms with Crippen LogP contribution in [0.2, 0.25) is 0 Å². The number of carbonyl (C=O) groups excluding carboxylic acids is 1. The molecule has 0 fully saturated rings. The number of benzene rings is 2. The first-order valence-corrected chi connectivity index (χ1v) is 11.2. The van der Waals surface area contributed by atoms with E-state index >= 15 is 0 Å². The second-order valence-corrected chi connectivity index (χ2v) is 9.52. The van der Waals surface area contributed by atoms with Gasteiger partial charge in [0.1, 0.15) is 23.7 Å². The van der Waals surface area contributed by atoms with Gasteiger partial charge in [0.15, 0.2) is 0 Å². The molecule has 1 unspecified atom stereocenters. The van der Waals surface area contributed by atoms with Gasteiger partial charge in [0.05, 0.1) is 23.6 Å². The standard InChI is InChI=1S/C26H25F3N2O4/c1-25(2,3)35-24(32)12-20-6-5-19-11-18-4-7-21(13-23(18)31(19)20)33-15-17-8-16(14-30)9-22(10-17)34-26(27,28)29/h4,7-11,13,20H,5-6,12,15H2,1-3H3. The third-order valence-corrected chi connectivity index (χ3v) is 5.55. The van der Waals surface area contributed by atoms with Gasteiger partial charge in [-0.3, -0.25) is 4.79 Å². The van der Waals surface area contributed by atoms with Crippen molar-refractivity contribution in [3.05, 3.63) is 59.3 Å². The summed E-state index contributed by atoms with van der Waals surface area (Å²) in [6.07, 6.45) is -2.91. The maximum atomic E-state index is 12.6. The molecule has 6 nitrogen and oxygen atoms in total. The number of alkyl halides is 3. The number of hydrogen-bond acceptors (Lipinski definition) is 5. The molecule has 9 heteroatoms. The average Bonchev–Trinajstić information content (AvgIpc) is 3.29. The van der Waals surface area contributed by atoms with E-state index in [1.807, 2.05) is 39.0 Å². The normalized spacial score (nSPS) is 15.5. The number of nitrogens with zero attached hydrogens (tertiary/aromatic N) is 2. The zero-order chi connectivity index (χ0) is 25.4. The van der Waals surface area contributed by atoms with E-state index in [-0.39, 0.29) is 30.6 Å². The Labute approximate surface area is 200 Å². The number of rotatable bonds is 6. The number of aryl methyl sites for hydroxylation is 1. The van der Waals surface area contributed by atoms with Gasteiger partial charge in [0.25, 0.3) is 0 Å². The summed E-state index contributed by atoms with van der Waals surface area (Å²) in [5.41, 5.74) is 1.89. The van der Waals surface area contributed by atoms with Crippen LogP contribution in [0.5, 0.6) is 11.5 Å². The third-order valence-electron chi connectivity index (χ3n) is 5.55. The van der Waals surface area contributed by atoms with Gasteiger partial charge in [-0.2, -0.15) is 5.26 Å². The van der Waals surface area contributed by atoms with Crippen LogP contribution in [-0.4, -0.2) is 22.5 Å². The van der Waals surface area contributed by atoms with Gasteiger partial charge in [-0.15, -0.1) is 13.2 Å². The van der Waals surface area contributed by atoms with Crippen molar-refractivity contribution >= 4 is 16.9 Å². The molecule has 0 aliphatic carbocycles. The predicted octanol–water partition coefficient (Wildman–Crippen LogP) is 6.21. The molecule has 3 aromatic rings. The smallest absolute Gasteiger partial charge is 0.489 e. The fourth-order valence-electron chi connectivity index (χ4n) is 4.35. The molecule has 1 aliphatic rings. The van der Waals surface area contributed by atoms with E-state index in [0.717, 1.165) is 35.5 Å². The van der Waals surface area contributed by atoms with Crippen molar-refractivity contribution in [2.24, 2.45) is 0 Å². The van der Waals surface area contributed by atoms with Crippen molar-refractivity contribution in [1.82, 2.24) is 4.57 Å². The molecule has 184 valence electrons. The van der Waals surface area contributed by atoms with Gasteiger partial charge in [0.2, 0.25) is 0 Å². The fourth-order valence-corrected chi connectivity index (χ4v) is 4.35. The largest absolute Gasteiger partial charge is 0.573 e. The Balaban J connectivity index is 1.53. The van der Waals surface area contributed by atoms with Gasteiger partial charge >= 0.3 is 12.3 Å². The van der Waals surface area contributed by atoms with Crippen LogP contribution in [0.15, 0.2) is 42.5 Å². The lowest BCUT2D eigenvalue weighted by molar-refractivity contribution is -0.274. The fraction of sp³-hybridized carbons (Fsp3) is 0.385. The Kier molecular flexibility index (Phi) is 6.41. The minimum Gasteiger partial charge on any atom is -0.489 e. The topological polar surface area (TPSA) is 73.5 Å². The maximum absolute atomic E-state index is 12.6. The van der Waals surface area contributed by atoms with Crippen molar-refractivity contribution in [2.75, 3.05) is 0 Å². The van der Waals surface area contributed by atoms with Gasteiger partial charge in [0, 0.05) is 23.2 Å². The highest BCUT2D eigenvalue weighted by Crippen LogP contribution is 2.37. The lowest BCUT2D eigenvalue weighted by Gasteiger charge is -2.22. The molecule has 2 heterocycles. The molecular weight excluding hydrogens is 461 g/mol. The number of nitriles is 1. The molecule has 0 saturated carbocycles. The maximum Gasteiger partial charge on any atom is 0.573 e. The van der Waals surface area contributed by atoms with E-state index in [4.69, 9.17) is 14.7 Å². The average molecular weight is 486 g/mol. The van der Waals surface area contributed by atoms with Crippen molar-refractivity contribution in [1.29, 1.82) is 5.26 Å². The van der Waals surface area contributed by atoms with Crippen LogP contribution in [0.25, 0.3) is 10.9 Å². The Bertz CT molecular complexity index is 1300. The first-order valence-electron chi connectivity index (χ1n) is 11.2. The SMILES string of the molecule is CC(C)(C)OC(=O)CC1CCc2cc3ccc(OCc4cc(C#N)cc(OC(F)(F)F)c4)cc3n21. The Morgan fingerprint density at radius 1 is 1.11 bits per heavy atom. The summed E-state index contributed by atoms with van der Waals surface area (Å²) in [6, 6.07) is 13.1. The van der Waals surface area contributed by atoms with Gasteiger partial charge < -0.3 is 18.8 Å². The lowest BCUT2D eigenvalue weighted by Crippen LogP contribution is -2.25. The highest BCUT2D eigenvalue weighted by atomic mass is 19.4. The summed E-state index contributed by atoms with van der Waals surface area (Å²) in [5, 5.41) is 10.1. The summed E-state index contributed by atoms with van der Waals surface area (Å²) in [7, 11) is 0. The molecular formula is C26H25F3N2O4. The number of ether oxygens (including phenoxy) is 3. The Morgan fingerprint density at radius 3 is 2.57 bits per heavy atom. The summed E-state index contributed by atoms with van der Waals surface area (Å²) < 4.78 is 55.3. The molecule has 1 atom stereocenters. The number of halogens is 3. The predicted molar refractivity (Wildman–Crippen MR) is 122 cm³/mol. The molecule has 0 saturated heterocycles. The third kappa shape index (κ3) is 6.07. The van der Waals surface area contributed by atoms with Crippen molar-refractivity contribution in [3.8, 4) is 17.6 Å². The molecule has 0 spiro atoms. The van der Waals surface area contributed by atoms with E-state index in [9.17, 15) is 18.0 Å². The first kappa shape index (κ1) is 24.5. The molecule has 2 aromatic carbocycles. The van der Waals surface area contributed by atoms with Crippen molar-refractivity contribution < 1.29 is 32.2 Å². The van der Waals surface area contributed by atoms with Crippen molar-refractivity contribution in [2.45, 2.75) is 64.6 Å². The summed E-state index contributed by atoms with van der Waals surface area (Å²) >= 11 is 0. The monoisotopic (exact) mass is 486 g/mol. The minimum absolute atomic E-state index is 0.0259. The number of hydrogen-bond donors (Lipinski definition) is 0. The molecule has 0 N–H and O–H groups in total. The molecule has 1 aromatic heterocycles. The first-order chi connectivity index (χ1) is 16.4. The highest BCUT2D eigenvalue weighted by Gasteiger charge is 2.31. The van der Waals surface area contributed by atoms with Crippen LogP contribution in [0.1, 0.15) is 56.5 Å². The zero-order valence-corrected chi connectivity index (χ0v) is 19.6. The Morgan fingerprint density at radius 2 is 1.89 bits per heavy atom. The molecule has 35 heavy (non-hydrogen) atoms. The minimum atomic E-state index is -4.86. The van der Waals surface area contributed by atoms with E-state index in [1.54, 1.807) is 6.07 Å². The molecule has 0 radical (unpaired) electrons. The van der Waals surface area contributed by atoms with Crippen LogP contribution >= 0.6 is 0 Å². The van der Waals surface area contributed by atoms with Gasteiger partial charge in [-0.05, 0) is 75.6 Å².